The van der Waals surface area contributed by atoms with Gasteiger partial charge in [0.15, 0.2) is 5.82 Å². The van der Waals surface area contributed by atoms with E-state index in [1.165, 1.54) is 34.6 Å². The van der Waals surface area contributed by atoms with Gasteiger partial charge in [0.1, 0.15) is 11.6 Å². The van der Waals surface area contributed by atoms with Crippen molar-refractivity contribution in [3.05, 3.63) is 65.7 Å². The molecule has 0 bridgehead atoms. The van der Waals surface area contributed by atoms with E-state index in [-0.39, 0.29) is 11.6 Å². The predicted molar refractivity (Wildman–Crippen MR) is 81.5 cm³/mol. The first-order valence-electron chi connectivity index (χ1n) is 6.48. The third-order valence-electron chi connectivity index (χ3n) is 3.06. The molecule has 22 heavy (non-hydrogen) atoms. The zero-order chi connectivity index (χ0) is 15.5. The number of hydrogen-bond acceptors (Lipinski definition) is 4. The largest absolute Gasteiger partial charge is 0.335 e. The average molecular weight is 318 g/mol. The molecule has 0 unspecified atom stereocenters. The van der Waals surface area contributed by atoms with Crippen LogP contribution in [0.3, 0.4) is 0 Å². The van der Waals surface area contributed by atoms with Gasteiger partial charge in [0.2, 0.25) is 5.16 Å². The quantitative estimate of drug-likeness (QED) is 0.593. The van der Waals surface area contributed by atoms with E-state index in [4.69, 9.17) is 5.84 Å². The van der Waals surface area contributed by atoms with E-state index in [1.807, 2.05) is 0 Å². The van der Waals surface area contributed by atoms with Crippen LogP contribution >= 0.6 is 11.8 Å². The van der Waals surface area contributed by atoms with Crippen LogP contribution in [-0.4, -0.2) is 14.9 Å². The second kappa shape index (κ2) is 6.15. The molecular formula is C15H12F2N4S. The van der Waals surface area contributed by atoms with Crippen LogP contribution in [0.25, 0.3) is 11.4 Å². The Hall–Kier alpha value is -2.41. The van der Waals surface area contributed by atoms with Crippen LogP contribution in [0.1, 0.15) is 5.56 Å². The Labute approximate surface area is 130 Å². The van der Waals surface area contributed by atoms with Crippen molar-refractivity contribution in [3.8, 4) is 11.4 Å². The normalized spacial score (nSPS) is 10.8. The molecule has 0 saturated heterocycles. The molecule has 2 aromatic carbocycles. The number of aromatic nitrogens is 3. The molecule has 3 rings (SSSR count). The topological polar surface area (TPSA) is 56.7 Å². The highest BCUT2D eigenvalue weighted by atomic mass is 32.2. The lowest BCUT2D eigenvalue weighted by molar-refractivity contribution is 0.617. The summed E-state index contributed by atoms with van der Waals surface area (Å²) in [5.74, 6) is 6.03. The standard InChI is InChI=1S/C15H12F2N4S/c16-12-6-3-5-10(8-12)14-19-20-15(21(14)18)22-9-11-4-1-2-7-13(11)17/h1-8H,9,18H2. The molecule has 0 amide bonds. The maximum Gasteiger partial charge on any atom is 0.210 e. The number of nitrogen functional groups attached to an aromatic ring is 1. The predicted octanol–water partition coefficient (Wildman–Crippen LogP) is 3.23. The number of halogens is 2. The van der Waals surface area contributed by atoms with Crippen LogP contribution in [0.4, 0.5) is 8.78 Å². The SMILES string of the molecule is Nn1c(SCc2ccccc2F)nnc1-c1cccc(F)c1. The number of nitrogens with two attached hydrogens (primary N) is 1. The van der Waals surface area contributed by atoms with Crippen LogP contribution in [0, 0.1) is 11.6 Å². The van der Waals surface area contributed by atoms with Crippen molar-refractivity contribution in [2.45, 2.75) is 10.9 Å². The highest BCUT2D eigenvalue weighted by Gasteiger charge is 2.13. The first-order valence-corrected chi connectivity index (χ1v) is 7.46. The third kappa shape index (κ3) is 2.94. The van der Waals surface area contributed by atoms with Crippen LogP contribution < -0.4 is 5.84 Å². The summed E-state index contributed by atoms with van der Waals surface area (Å²) in [5.41, 5.74) is 1.09. The molecule has 0 aliphatic heterocycles. The lowest BCUT2D eigenvalue weighted by atomic mass is 10.2. The van der Waals surface area contributed by atoms with Gasteiger partial charge in [-0.25, -0.2) is 13.5 Å². The third-order valence-corrected chi connectivity index (χ3v) is 4.05. The monoisotopic (exact) mass is 318 g/mol. The first kappa shape index (κ1) is 14.5. The molecule has 0 fully saturated rings. The van der Waals surface area contributed by atoms with Crippen LogP contribution in [0.15, 0.2) is 53.7 Å². The fourth-order valence-corrected chi connectivity index (χ4v) is 2.80. The fourth-order valence-electron chi connectivity index (χ4n) is 1.96. The summed E-state index contributed by atoms with van der Waals surface area (Å²) in [5, 5.41) is 8.37. The van der Waals surface area contributed by atoms with Gasteiger partial charge in [-0.1, -0.05) is 42.1 Å². The van der Waals surface area contributed by atoms with Crippen molar-refractivity contribution in [2.75, 3.05) is 5.84 Å². The minimum absolute atomic E-state index is 0.275. The molecular weight excluding hydrogens is 306 g/mol. The Bertz CT molecular complexity index is 804. The maximum atomic E-state index is 13.6. The number of hydrogen-bond donors (Lipinski definition) is 1. The molecule has 1 heterocycles. The van der Waals surface area contributed by atoms with Crippen LogP contribution in [0.5, 0.6) is 0 Å². The molecule has 0 spiro atoms. The highest BCUT2D eigenvalue weighted by Crippen LogP contribution is 2.25. The van der Waals surface area contributed by atoms with Crippen molar-refractivity contribution in [2.24, 2.45) is 0 Å². The maximum absolute atomic E-state index is 13.6. The van der Waals surface area contributed by atoms with Gasteiger partial charge < -0.3 is 5.84 Å². The average Bonchev–Trinajstić information content (AvgIpc) is 2.87. The number of nitrogens with zero attached hydrogens (tertiary/aromatic N) is 3. The van der Waals surface area contributed by atoms with Gasteiger partial charge in [-0.05, 0) is 23.8 Å². The minimum Gasteiger partial charge on any atom is -0.335 e. The zero-order valence-corrected chi connectivity index (χ0v) is 12.2. The second-order valence-corrected chi connectivity index (χ2v) is 5.51. The van der Waals surface area contributed by atoms with Gasteiger partial charge in [0.05, 0.1) is 0 Å². The molecule has 0 saturated carbocycles. The summed E-state index contributed by atoms with van der Waals surface area (Å²) in [7, 11) is 0. The lowest BCUT2D eigenvalue weighted by Crippen LogP contribution is -2.11. The van der Waals surface area contributed by atoms with E-state index in [0.717, 1.165) is 0 Å². The molecule has 0 aliphatic carbocycles. The molecule has 0 atom stereocenters. The molecule has 3 aromatic rings. The van der Waals surface area contributed by atoms with E-state index in [9.17, 15) is 8.78 Å². The fraction of sp³-hybridized carbons (Fsp3) is 0.0667. The smallest absolute Gasteiger partial charge is 0.210 e. The molecule has 4 nitrogen and oxygen atoms in total. The molecule has 1 aromatic heterocycles. The second-order valence-electron chi connectivity index (χ2n) is 4.57. The Morgan fingerprint density at radius 3 is 2.64 bits per heavy atom. The Morgan fingerprint density at radius 2 is 1.86 bits per heavy atom. The van der Waals surface area contributed by atoms with E-state index < -0.39 is 0 Å². The minimum atomic E-state index is -0.374. The number of thioether (sulfide) groups is 1. The van der Waals surface area contributed by atoms with E-state index in [0.29, 0.717) is 27.9 Å². The van der Waals surface area contributed by atoms with Gasteiger partial charge in [-0.2, -0.15) is 0 Å². The van der Waals surface area contributed by atoms with E-state index >= 15 is 0 Å². The summed E-state index contributed by atoms with van der Waals surface area (Å²) in [6.45, 7) is 0. The molecule has 7 heteroatoms. The molecule has 112 valence electrons. The first-order chi connectivity index (χ1) is 10.6. The Balaban J connectivity index is 1.81. The number of rotatable bonds is 4. The summed E-state index contributed by atoms with van der Waals surface area (Å²) in [4.78, 5) is 0. The molecule has 2 N–H and O–H groups in total. The van der Waals surface area contributed by atoms with Gasteiger partial charge in [-0.3, -0.25) is 0 Å². The highest BCUT2D eigenvalue weighted by molar-refractivity contribution is 7.98. The zero-order valence-electron chi connectivity index (χ0n) is 11.4. The lowest BCUT2D eigenvalue weighted by Gasteiger charge is -2.04. The van der Waals surface area contributed by atoms with Crippen LogP contribution in [-0.2, 0) is 5.75 Å². The van der Waals surface area contributed by atoms with Gasteiger partial charge in [0.25, 0.3) is 0 Å². The van der Waals surface area contributed by atoms with Crippen LogP contribution in [0.2, 0.25) is 0 Å². The summed E-state index contributed by atoms with van der Waals surface area (Å²) >= 11 is 1.26. The summed E-state index contributed by atoms with van der Waals surface area (Å²) < 4.78 is 28.1. The van der Waals surface area contributed by atoms with E-state index in [1.54, 1.807) is 30.3 Å². The van der Waals surface area contributed by atoms with Gasteiger partial charge in [-0.15, -0.1) is 10.2 Å². The Kier molecular flexibility index (Phi) is 4.06. The summed E-state index contributed by atoms with van der Waals surface area (Å²) in [6.07, 6.45) is 0. The number of benzene rings is 2. The van der Waals surface area contributed by atoms with Crippen molar-refractivity contribution < 1.29 is 8.78 Å². The summed E-state index contributed by atoms with van der Waals surface area (Å²) in [6, 6.07) is 12.5. The molecule has 0 aliphatic rings. The van der Waals surface area contributed by atoms with Crippen molar-refractivity contribution in [1.82, 2.24) is 14.9 Å². The van der Waals surface area contributed by atoms with E-state index in [2.05, 4.69) is 10.2 Å². The van der Waals surface area contributed by atoms with Gasteiger partial charge in [0, 0.05) is 11.3 Å². The van der Waals surface area contributed by atoms with Gasteiger partial charge >= 0.3 is 0 Å². The molecule has 0 radical (unpaired) electrons. The van der Waals surface area contributed by atoms with Crippen molar-refractivity contribution in [1.29, 1.82) is 0 Å². The van der Waals surface area contributed by atoms with Crippen molar-refractivity contribution in [3.63, 3.8) is 0 Å². The Morgan fingerprint density at radius 1 is 1.05 bits per heavy atom. The van der Waals surface area contributed by atoms with Crippen molar-refractivity contribution >= 4 is 11.8 Å².